The van der Waals surface area contributed by atoms with Gasteiger partial charge in [-0.1, -0.05) is 24.3 Å². The molecule has 3 nitrogen and oxygen atoms in total. The van der Waals surface area contributed by atoms with Crippen molar-refractivity contribution in [1.29, 1.82) is 10.5 Å². The Bertz CT molecular complexity index is 689. The van der Waals surface area contributed by atoms with E-state index < -0.39 is 0 Å². The van der Waals surface area contributed by atoms with Gasteiger partial charge < -0.3 is 4.57 Å². The van der Waals surface area contributed by atoms with Gasteiger partial charge in [0.05, 0.1) is 0 Å². The fraction of sp³-hybridized carbons (Fsp3) is 0.0667. The number of para-hydroxylation sites is 1. The van der Waals surface area contributed by atoms with Crippen molar-refractivity contribution >= 4 is 17.0 Å². The Labute approximate surface area is 105 Å². The summed E-state index contributed by atoms with van der Waals surface area (Å²) in [7, 11) is 0. The number of nitriles is 2. The molecule has 0 aliphatic carbocycles. The lowest BCUT2D eigenvalue weighted by Gasteiger charge is -1.98. The maximum absolute atomic E-state index is 8.81. The molecule has 0 aliphatic heterocycles. The van der Waals surface area contributed by atoms with Crippen LogP contribution in [-0.2, 0) is 6.54 Å². The van der Waals surface area contributed by atoms with Gasteiger partial charge in [0.15, 0.2) is 0 Å². The van der Waals surface area contributed by atoms with Crippen LogP contribution in [0.25, 0.3) is 17.0 Å². The zero-order valence-electron chi connectivity index (χ0n) is 9.80. The molecule has 0 N–H and O–H groups in total. The third-order valence-corrected chi connectivity index (χ3v) is 2.69. The van der Waals surface area contributed by atoms with Crippen LogP contribution in [0.3, 0.4) is 0 Å². The van der Waals surface area contributed by atoms with Crippen molar-refractivity contribution in [1.82, 2.24) is 4.57 Å². The maximum Gasteiger partial charge on any atom is 0.130 e. The van der Waals surface area contributed by atoms with Gasteiger partial charge in [0, 0.05) is 29.2 Å². The van der Waals surface area contributed by atoms with Gasteiger partial charge in [0.1, 0.15) is 17.7 Å². The van der Waals surface area contributed by atoms with Gasteiger partial charge in [-0.25, -0.2) is 0 Å². The molecule has 86 valence electrons. The Morgan fingerprint density at radius 2 is 2.00 bits per heavy atom. The molecule has 0 saturated carbocycles. The van der Waals surface area contributed by atoms with Crippen LogP contribution in [-0.4, -0.2) is 4.57 Å². The van der Waals surface area contributed by atoms with Gasteiger partial charge in [-0.15, -0.1) is 6.58 Å². The quantitative estimate of drug-likeness (QED) is 0.603. The summed E-state index contributed by atoms with van der Waals surface area (Å²) in [6.07, 6.45) is 5.36. The molecule has 1 heterocycles. The number of rotatable bonds is 3. The fourth-order valence-corrected chi connectivity index (χ4v) is 1.93. The Kier molecular flexibility index (Phi) is 3.27. The first-order chi connectivity index (χ1) is 8.80. The van der Waals surface area contributed by atoms with Crippen LogP contribution in [0.15, 0.2) is 48.7 Å². The van der Waals surface area contributed by atoms with Crippen molar-refractivity contribution < 1.29 is 0 Å². The molecule has 1 aromatic carbocycles. The van der Waals surface area contributed by atoms with Gasteiger partial charge >= 0.3 is 0 Å². The van der Waals surface area contributed by atoms with Crippen LogP contribution in [0.4, 0.5) is 0 Å². The Morgan fingerprint density at radius 3 is 2.67 bits per heavy atom. The Balaban J connectivity index is 2.66. The monoisotopic (exact) mass is 233 g/mol. The standard InChI is InChI=1S/C15H11N3/c1-2-7-18-11-13(8-12(9-16)10-17)14-5-3-4-6-15(14)18/h2-6,8,11H,1,7H2. The second-order valence-electron chi connectivity index (χ2n) is 3.82. The average molecular weight is 233 g/mol. The highest BCUT2D eigenvalue weighted by Crippen LogP contribution is 2.23. The van der Waals surface area contributed by atoms with Crippen molar-refractivity contribution in [2.75, 3.05) is 0 Å². The zero-order valence-corrected chi connectivity index (χ0v) is 9.80. The molecule has 0 saturated heterocycles. The molecule has 2 aromatic rings. The molecule has 0 aliphatic rings. The molecule has 0 amide bonds. The molecular weight excluding hydrogens is 222 g/mol. The number of fused-ring (bicyclic) bond motifs is 1. The summed E-state index contributed by atoms with van der Waals surface area (Å²) in [5.41, 5.74) is 2.06. The second kappa shape index (κ2) is 5.03. The van der Waals surface area contributed by atoms with E-state index in [1.165, 1.54) is 0 Å². The summed E-state index contributed by atoms with van der Waals surface area (Å²) in [6, 6.07) is 11.6. The van der Waals surface area contributed by atoms with Crippen LogP contribution >= 0.6 is 0 Å². The SMILES string of the molecule is C=CCn1cc(C=C(C#N)C#N)c2ccccc21. The van der Waals surface area contributed by atoms with Gasteiger partial charge in [-0.2, -0.15) is 10.5 Å². The van der Waals surface area contributed by atoms with Crippen molar-refractivity contribution in [2.45, 2.75) is 6.54 Å². The summed E-state index contributed by atoms with van der Waals surface area (Å²) in [6.45, 7) is 4.42. The number of allylic oxidation sites excluding steroid dienone is 2. The van der Waals surface area contributed by atoms with Crippen LogP contribution < -0.4 is 0 Å². The minimum absolute atomic E-state index is 0.108. The Hall–Kier alpha value is -2.78. The maximum atomic E-state index is 8.81. The van der Waals surface area contributed by atoms with Crippen molar-refractivity contribution in [3.05, 3.63) is 54.3 Å². The number of aromatic nitrogens is 1. The summed E-state index contributed by atoms with van der Waals surface area (Å²) >= 11 is 0. The molecular formula is C15H11N3. The Morgan fingerprint density at radius 1 is 1.28 bits per heavy atom. The van der Waals surface area contributed by atoms with Crippen LogP contribution in [0, 0.1) is 22.7 Å². The van der Waals surface area contributed by atoms with E-state index >= 15 is 0 Å². The fourth-order valence-electron chi connectivity index (χ4n) is 1.93. The largest absolute Gasteiger partial charge is 0.343 e. The van der Waals surface area contributed by atoms with E-state index in [0.717, 1.165) is 16.5 Å². The normalized spacial score (nSPS) is 9.44. The van der Waals surface area contributed by atoms with E-state index in [9.17, 15) is 0 Å². The highest BCUT2D eigenvalue weighted by atomic mass is 14.9. The van der Waals surface area contributed by atoms with Gasteiger partial charge in [0.25, 0.3) is 0 Å². The van der Waals surface area contributed by atoms with Crippen molar-refractivity contribution in [3.8, 4) is 12.1 Å². The number of benzene rings is 1. The summed E-state index contributed by atoms with van der Waals surface area (Å²) < 4.78 is 2.04. The predicted octanol–water partition coefficient (Wildman–Crippen LogP) is 3.26. The number of nitrogens with zero attached hydrogens (tertiary/aromatic N) is 3. The first-order valence-corrected chi connectivity index (χ1v) is 5.51. The molecule has 0 bridgehead atoms. The van der Waals surface area contributed by atoms with Crippen LogP contribution in [0.5, 0.6) is 0 Å². The molecule has 0 fully saturated rings. The van der Waals surface area contributed by atoms with E-state index in [1.807, 2.05) is 53.2 Å². The third kappa shape index (κ3) is 2.03. The van der Waals surface area contributed by atoms with Crippen LogP contribution in [0.2, 0.25) is 0 Å². The summed E-state index contributed by atoms with van der Waals surface area (Å²) in [4.78, 5) is 0. The molecule has 0 radical (unpaired) electrons. The first-order valence-electron chi connectivity index (χ1n) is 5.51. The van der Waals surface area contributed by atoms with E-state index in [0.29, 0.717) is 6.54 Å². The molecule has 18 heavy (non-hydrogen) atoms. The van der Waals surface area contributed by atoms with Crippen molar-refractivity contribution in [2.24, 2.45) is 0 Å². The van der Waals surface area contributed by atoms with Crippen molar-refractivity contribution in [3.63, 3.8) is 0 Å². The molecule has 0 spiro atoms. The minimum Gasteiger partial charge on any atom is -0.343 e. The molecule has 1 aromatic heterocycles. The van der Waals surface area contributed by atoms with Crippen LogP contribution in [0.1, 0.15) is 5.56 Å². The topological polar surface area (TPSA) is 52.5 Å². The first kappa shape index (κ1) is 11.7. The second-order valence-corrected chi connectivity index (χ2v) is 3.82. The van der Waals surface area contributed by atoms with E-state index in [4.69, 9.17) is 10.5 Å². The average Bonchev–Trinajstić information content (AvgIpc) is 2.75. The van der Waals surface area contributed by atoms with E-state index in [1.54, 1.807) is 6.08 Å². The molecule has 0 atom stereocenters. The molecule has 2 rings (SSSR count). The lowest BCUT2D eigenvalue weighted by Crippen LogP contribution is -1.90. The van der Waals surface area contributed by atoms with Gasteiger partial charge in [-0.3, -0.25) is 0 Å². The summed E-state index contributed by atoms with van der Waals surface area (Å²) in [5, 5.41) is 18.6. The van der Waals surface area contributed by atoms with Gasteiger partial charge in [-0.05, 0) is 12.1 Å². The predicted molar refractivity (Wildman–Crippen MR) is 71.3 cm³/mol. The molecule has 0 unspecified atom stereocenters. The summed E-state index contributed by atoms with van der Waals surface area (Å²) in [5.74, 6) is 0. The van der Waals surface area contributed by atoms with E-state index in [2.05, 4.69) is 6.58 Å². The highest BCUT2D eigenvalue weighted by Gasteiger charge is 2.06. The molecule has 3 heteroatoms. The zero-order chi connectivity index (χ0) is 13.0. The van der Waals surface area contributed by atoms with Gasteiger partial charge in [0.2, 0.25) is 0 Å². The highest BCUT2D eigenvalue weighted by molar-refractivity contribution is 5.90. The lowest BCUT2D eigenvalue weighted by atomic mass is 10.1. The smallest absolute Gasteiger partial charge is 0.130 e. The number of hydrogen-bond donors (Lipinski definition) is 0. The lowest BCUT2D eigenvalue weighted by molar-refractivity contribution is 0.865. The minimum atomic E-state index is 0.108. The third-order valence-electron chi connectivity index (χ3n) is 2.69. The number of hydrogen-bond acceptors (Lipinski definition) is 2. The van der Waals surface area contributed by atoms with E-state index in [-0.39, 0.29) is 5.57 Å².